The molecular formula is C12H16ClNO2S. The number of rotatable bonds is 6. The molecule has 1 aromatic carbocycles. The van der Waals surface area contributed by atoms with Gasteiger partial charge in [-0.1, -0.05) is 30.3 Å². The summed E-state index contributed by atoms with van der Waals surface area (Å²) in [4.78, 5) is 0. The summed E-state index contributed by atoms with van der Waals surface area (Å²) < 4.78 is 26.3. The van der Waals surface area contributed by atoms with Crippen LogP contribution in [0.3, 0.4) is 0 Å². The molecule has 1 aliphatic carbocycles. The fourth-order valence-electron chi connectivity index (χ4n) is 1.64. The molecule has 17 heavy (non-hydrogen) atoms. The fraction of sp³-hybridized carbons (Fsp3) is 0.500. The Morgan fingerprint density at radius 1 is 1.24 bits per heavy atom. The molecule has 94 valence electrons. The highest BCUT2D eigenvalue weighted by Crippen LogP contribution is 2.45. The second-order valence-corrected chi connectivity index (χ2v) is 6.77. The van der Waals surface area contributed by atoms with Gasteiger partial charge in [-0.05, 0) is 23.8 Å². The predicted octanol–water partition coefficient (Wildman–Crippen LogP) is 2.12. The van der Waals surface area contributed by atoms with Gasteiger partial charge in [-0.25, -0.2) is 13.1 Å². The molecule has 1 N–H and O–H groups in total. The number of benzene rings is 1. The maximum Gasteiger partial charge on any atom is 0.215 e. The van der Waals surface area contributed by atoms with Gasteiger partial charge in [0, 0.05) is 12.4 Å². The van der Waals surface area contributed by atoms with Crippen molar-refractivity contribution in [2.24, 2.45) is 5.41 Å². The van der Waals surface area contributed by atoms with Crippen LogP contribution in [0.25, 0.3) is 0 Å². The highest BCUT2D eigenvalue weighted by atomic mass is 35.5. The summed E-state index contributed by atoms with van der Waals surface area (Å²) in [5.74, 6) is 0.563. The monoisotopic (exact) mass is 273 g/mol. The highest BCUT2D eigenvalue weighted by molar-refractivity contribution is 7.88. The highest BCUT2D eigenvalue weighted by Gasteiger charge is 2.42. The standard InChI is InChI=1S/C12H16ClNO2S/c13-9-12(6-7-12)10-14-17(15,16)8-11-4-2-1-3-5-11/h1-5,14H,6-10H2. The molecule has 0 spiro atoms. The summed E-state index contributed by atoms with van der Waals surface area (Å²) in [6, 6.07) is 9.18. The minimum absolute atomic E-state index is 0.0192. The third-order valence-electron chi connectivity index (χ3n) is 3.11. The van der Waals surface area contributed by atoms with Gasteiger partial charge in [-0.3, -0.25) is 0 Å². The third-order valence-corrected chi connectivity index (χ3v) is 4.97. The Kier molecular flexibility index (Phi) is 3.76. The lowest BCUT2D eigenvalue weighted by atomic mass is 10.1. The SMILES string of the molecule is O=S(=O)(Cc1ccccc1)NCC1(CCl)CC1. The van der Waals surface area contributed by atoms with Gasteiger partial charge in [0.2, 0.25) is 10.0 Å². The zero-order valence-corrected chi connectivity index (χ0v) is 11.1. The molecule has 1 fully saturated rings. The van der Waals surface area contributed by atoms with Crippen molar-refractivity contribution in [1.29, 1.82) is 0 Å². The smallest absolute Gasteiger partial charge is 0.214 e. The molecule has 1 aliphatic rings. The van der Waals surface area contributed by atoms with E-state index in [1.807, 2.05) is 30.3 Å². The minimum atomic E-state index is -3.25. The molecule has 3 nitrogen and oxygen atoms in total. The van der Waals surface area contributed by atoms with Crippen LogP contribution in [0.15, 0.2) is 30.3 Å². The van der Waals surface area contributed by atoms with E-state index in [0.29, 0.717) is 12.4 Å². The van der Waals surface area contributed by atoms with Crippen LogP contribution >= 0.6 is 11.6 Å². The quantitative estimate of drug-likeness (QED) is 0.807. The molecule has 0 atom stereocenters. The summed E-state index contributed by atoms with van der Waals surface area (Å²) in [7, 11) is -3.25. The Bertz CT molecular complexity index is 469. The van der Waals surface area contributed by atoms with E-state index in [1.54, 1.807) is 0 Å². The molecule has 0 saturated heterocycles. The molecule has 0 heterocycles. The average molecular weight is 274 g/mol. The van der Waals surface area contributed by atoms with E-state index in [-0.39, 0.29) is 11.2 Å². The lowest BCUT2D eigenvalue weighted by Gasteiger charge is -2.12. The second kappa shape index (κ2) is 4.96. The normalized spacial score (nSPS) is 17.9. The molecule has 0 unspecified atom stereocenters. The van der Waals surface area contributed by atoms with Crippen molar-refractivity contribution in [1.82, 2.24) is 4.72 Å². The van der Waals surface area contributed by atoms with Gasteiger partial charge in [0.25, 0.3) is 0 Å². The Morgan fingerprint density at radius 3 is 2.41 bits per heavy atom. The number of hydrogen-bond acceptors (Lipinski definition) is 2. The van der Waals surface area contributed by atoms with E-state index in [1.165, 1.54) is 0 Å². The minimum Gasteiger partial charge on any atom is -0.214 e. The first kappa shape index (κ1) is 12.9. The molecule has 2 rings (SSSR count). The molecular weight excluding hydrogens is 258 g/mol. The Morgan fingerprint density at radius 2 is 1.88 bits per heavy atom. The van der Waals surface area contributed by atoms with Crippen LogP contribution in [-0.2, 0) is 15.8 Å². The van der Waals surface area contributed by atoms with E-state index in [0.717, 1.165) is 18.4 Å². The van der Waals surface area contributed by atoms with Crippen LogP contribution in [0.2, 0.25) is 0 Å². The van der Waals surface area contributed by atoms with Crippen molar-refractivity contribution in [3.63, 3.8) is 0 Å². The molecule has 1 saturated carbocycles. The van der Waals surface area contributed by atoms with Gasteiger partial charge in [0.1, 0.15) is 0 Å². The van der Waals surface area contributed by atoms with Crippen LogP contribution < -0.4 is 4.72 Å². The van der Waals surface area contributed by atoms with Crippen LogP contribution in [0.5, 0.6) is 0 Å². The zero-order chi connectivity index (χ0) is 12.4. The van der Waals surface area contributed by atoms with Crippen LogP contribution in [0, 0.1) is 5.41 Å². The number of hydrogen-bond donors (Lipinski definition) is 1. The molecule has 5 heteroatoms. The van der Waals surface area contributed by atoms with Crippen LogP contribution in [-0.4, -0.2) is 20.8 Å². The number of alkyl halides is 1. The fourth-order valence-corrected chi connectivity index (χ4v) is 3.26. The van der Waals surface area contributed by atoms with Crippen molar-refractivity contribution in [3.05, 3.63) is 35.9 Å². The van der Waals surface area contributed by atoms with E-state index in [4.69, 9.17) is 11.6 Å². The van der Waals surface area contributed by atoms with E-state index in [2.05, 4.69) is 4.72 Å². The summed E-state index contributed by atoms with van der Waals surface area (Å²) in [5, 5.41) is 0. The second-order valence-electron chi connectivity index (χ2n) is 4.70. The van der Waals surface area contributed by atoms with E-state index < -0.39 is 10.0 Å². The Hall–Kier alpha value is -0.580. The maximum absolute atomic E-state index is 11.8. The van der Waals surface area contributed by atoms with Gasteiger partial charge in [0.15, 0.2) is 0 Å². The van der Waals surface area contributed by atoms with Crippen molar-refractivity contribution >= 4 is 21.6 Å². The van der Waals surface area contributed by atoms with Crippen LogP contribution in [0.1, 0.15) is 18.4 Å². The van der Waals surface area contributed by atoms with Crippen molar-refractivity contribution in [2.45, 2.75) is 18.6 Å². The topological polar surface area (TPSA) is 46.2 Å². The number of halogens is 1. The zero-order valence-electron chi connectivity index (χ0n) is 9.52. The van der Waals surface area contributed by atoms with Gasteiger partial charge in [-0.2, -0.15) is 0 Å². The van der Waals surface area contributed by atoms with Crippen molar-refractivity contribution in [2.75, 3.05) is 12.4 Å². The molecule has 0 bridgehead atoms. The molecule has 0 aromatic heterocycles. The molecule has 0 amide bonds. The summed E-state index contributed by atoms with van der Waals surface area (Å²) in [5.41, 5.74) is 0.821. The van der Waals surface area contributed by atoms with E-state index >= 15 is 0 Å². The maximum atomic E-state index is 11.8. The Balaban J connectivity index is 1.91. The van der Waals surface area contributed by atoms with Gasteiger partial charge < -0.3 is 0 Å². The lowest BCUT2D eigenvalue weighted by Crippen LogP contribution is -2.32. The van der Waals surface area contributed by atoms with Crippen molar-refractivity contribution < 1.29 is 8.42 Å². The third kappa shape index (κ3) is 3.69. The van der Waals surface area contributed by atoms with Gasteiger partial charge >= 0.3 is 0 Å². The largest absolute Gasteiger partial charge is 0.215 e. The lowest BCUT2D eigenvalue weighted by molar-refractivity contribution is 0.534. The molecule has 0 radical (unpaired) electrons. The van der Waals surface area contributed by atoms with Crippen molar-refractivity contribution in [3.8, 4) is 0 Å². The molecule has 1 aromatic rings. The van der Waals surface area contributed by atoms with Gasteiger partial charge in [0.05, 0.1) is 5.75 Å². The summed E-state index contributed by atoms with van der Waals surface area (Å²) >= 11 is 5.81. The van der Waals surface area contributed by atoms with E-state index in [9.17, 15) is 8.42 Å². The molecule has 0 aliphatic heterocycles. The average Bonchev–Trinajstić information content (AvgIpc) is 3.08. The summed E-state index contributed by atoms with van der Waals surface area (Å²) in [6.45, 7) is 0.464. The first-order valence-electron chi connectivity index (χ1n) is 5.63. The summed E-state index contributed by atoms with van der Waals surface area (Å²) in [6.07, 6.45) is 2.04. The van der Waals surface area contributed by atoms with Crippen LogP contribution in [0.4, 0.5) is 0 Å². The predicted molar refractivity (Wildman–Crippen MR) is 69.5 cm³/mol. The number of nitrogens with one attached hydrogen (secondary N) is 1. The number of sulfonamides is 1. The first-order chi connectivity index (χ1) is 8.05. The first-order valence-corrected chi connectivity index (χ1v) is 7.81. The van der Waals surface area contributed by atoms with Gasteiger partial charge in [-0.15, -0.1) is 11.6 Å². The Labute approximate surface area is 107 Å².